The summed E-state index contributed by atoms with van der Waals surface area (Å²) in [6.45, 7) is 7.05. The highest BCUT2D eigenvalue weighted by atomic mass is 16.5. The normalized spacial score (nSPS) is 16.9. The lowest BCUT2D eigenvalue weighted by Gasteiger charge is -2.34. The molecule has 1 saturated heterocycles. The number of hydrogen-bond acceptors (Lipinski definition) is 3. The van der Waals surface area contributed by atoms with E-state index < -0.39 is 0 Å². The Kier molecular flexibility index (Phi) is 4.35. The van der Waals surface area contributed by atoms with E-state index >= 15 is 0 Å². The number of carbonyl (C=O) groups excluding carboxylic acids is 1. The van der Waals surface area contributed by atoms with Gasteiger partial charge < -0.3 is 15.0 Å². The number of methoxy groups -OCH3 is 1. The van der Waals surface area contributed by atoms with Crippen molar-refractivity contribution in [1.29, 1.82) is 0 Å². The molecule has 0 spiro atoms. The molecule has 0 atom stereocenters. The van der Waals surface area contributed by atoms with Crippen molar-refractivity contribution in [2.75, 3.05) is 33.4 Å². The van der Waals surface area contributed by atoms with E-state index in [9.17, 15) is 4.79 Å². The molecule has 1 fully saturated rings. The van der Waals surface area contributed by atoms with Crippen LogP contribution in [-0.2, 0) is 9.53 Å². The minimum atomic E-state index is 0.189. The van der Waals surface area contributed by atoms with Gasteiger partial charge in [0.25, 0.3) is 0 Å². The van der Waals surface area contributed by atoms with Crippen molar-refractivity contribution in [2.45, 2.75) is 19.9 Å². The van der Waals surface area contributed by atoms with Gasteiger partial charge in [0.15, 0.2) is 0 Å². The van der Waals surface area contributed by atoms with Gasteiger partial charge in [-0.05, 0) is 13.8 Å². The molecule has 1 rings (SSSR count). The van der Waals surface area contributed by atoms with E-state index in [-0.39, 0.29) is 17.9 Å². The van der Waals surface area contributed by atoms with Crippen molar-refractivity contribution in [3.8, 4) is 0 Å². The van der Waals surface area contributed by atoms with Crippen LogP contribution in [0.15, 0.2) is 0 Å². The molecule has 0 unspecified atom stereocenters. The van der Waals surface area contributed by atoms with E-state index in [4.69, 9.17) is 4.74 Å². The lowest BCUT2D eigenvalue weighted by molar-refractivity contribution is -0.139. The molecule has 4 nitrogen and oxygen atoms in total. The Morgan fingerprint density at radius 1 is 1.57 bits per heavy atom. The standard InChI is InChI=1S/C10H20N2O2/c1-8(2)12(4-5-14-3)10(13)9-6-11-7-9/h8-9,11H,4-7H2,1-3H3. The van der Waals surface area contributed by atoms with Crippen molar-refractivity contribution in [2.24, 2.45) is 5.92 Å². The molecule has 0 aromatic carbocycles. The van der Waals surface area contributed by atoms with Gasteiger partial charge in [-0.2, -0.15) is 0 Å². The zero-order chi connectivity index (χ0) is 10.6. The molecule has 1 amide bonds. The maximum absolute atomic E-state index is 11.9. The van der Waals surface area contributed by atoms with Crippen LogP contribution < -0.4 is 5.32 Å². The topological polar surface area (TPSA) is 41.6 Å². The molecule has 0 saturated carbocycles. The van der Waals surface area contributed by atoms with Gasteiger partial charge in [0.05, 0.1) is 12.5 Å². The lowest BCUT2D eigenvalue weighted by Crippen LogP contribution is -2.54. The second kappa shape index (κ2) is 5.32. The third kappa shape index (κ3) is 2.69. The first kappa shape index (κ1) is 11.5. The first-order chi connectivity index (χ1) is 6.66. The fourth-order valence-corrected chi connectivity index (χ4v) is 1.51. The highest BCUT2D eigenvalue weighted by Gasteiger charge is 2.30. The number of carbonyl (C=O) groups is 1. The summed E-state index contributed by atoms with van der Waals surface area (Å²) >= 11 is 0. The fraction of sp³-hybridized carbons (Fsp3) is 0.900. The Balaban J connectivity index is 2.43. The second-order valence-electron chi connectivity index (χ2n) is 3.97. The minimum Gasteiger partial charge on any atom is -0.383 e. The zero-order valence-corrected chi connectivity index (χ0v) is 9.25. The Morgan fingerprint density at radius 2 is 2.21 bits per heavy atom. The summed E-state index contributed by atoms with van der Waals surface area (Å²) in [6, 6.07) is 0.262. The predicted molar refractivity (Wildman–Crippen MR) is 55.1 cm³/mol. The number of ether oxygens (including phenoxy) is 1. The van der Waals surface area contributed by atoms with Gasteiger partial charge in [-0.1, -0.05) is 0 Å². The maximum Gasteiger partial charge on any atom is 0.228 e. The van der Waals surface area contributed by atoms with Crippen LogP contribution in [0.1, 0.15) is 13.8 Å². The maximum atomic E-state index is 11.9. The van der Waals surface area contributed by atoms with Crippen LogP contribution in [0.4, 0.5) is 0 Å². The quantitative estimate of drug-likeness (QED) is 0.684. The predicted octanol–water partition coefficient (Wildman–Crippen LogP) is 0.0892. The summed E-state index contributed by atoms with van der Waals surface area (Å²) in [5.41, 5.74) is 0. The number of amides is 1. The van der Waals surface area contributed by atoms with Crippen molar-refractivity contribution >= 4 is 5.91 Å². The molecular formula is C10H20N2O2. The van der Waals surface area contributed by atoms with Gasteiger partial charge >= 0.3 is 0 Å². The van der Waals surface area contributed by atoms with Crippen LogP contribution in [-0.4, -0.2) is 50.2 Å². The molecule has 0 aromatic heterocycles. The fourth-order valence-electron chi connectivity index (χ4n) is 1.51. The number of hydrogen-bond donors (Lipinski definition) is 1. The number of rotatable bonds is 5. The Labute approximate surface area is 85.6 Å². The van der Waals surface area contributed by atoms with E-state index in [1.54, 1.807) is 7.11 Å². The van der Waals surface area contributed by atoms with Gasteiger partial charge in [0.1, 0.15) is 0 Å². The largest absolute Gasteiger partial charge is 0.383 e. The first-order valence-corrected chi connectivity index (χ1v) is 5.17. The second-order valence-corrected chi connectivity index (χ2v) is 3.97. The molecule has 0 aliphatic carbocycles. The number of nitrogens with zero attached hydrogens (tertiary/aromatic N) is 1. The summed E-state index contributed by atoms with van der Waals surface area (Å²) in [4.78, 5) is 13.8. The minimum absolute atomic E-state index is 0.189. The van der Waals surface area contributed by atoms with Crippen molar-refractivity contribution < 1.29 is 9.53 Å². The van der Waals surface area contributed by atoms with Gasteiger partial charge in [-0.3, -0.25) is 4.79 Å². The molecule has 1 aliphatic rings. The van der Waals surface area contributed by atoms with E-state index in [1.807, 2.05) is 18.7 Å². The van der Waals surface area contributed by atoms with Gasteiger partial charge in [0.2, 0.25) is 5.91 Å². The Bertz CT molecular complexity index is 191. The third-order valence-corrected chi connectivity index (χ3v) is 2.57. The highest BCUT2D eigenvalue weighted by Crippen LogP contribution is 2.10. The van der Waals surface area contributed by atoms with Gasteiger partial charge in [0, 0.05) is 32.8 Å². The summed E-state index contributed by atoms with van der Waals surface area (Å²) in [7, 11) is 1.66. The molecule has 1 N–H and O–H groups in total. The Morgan fingerprint density at radius 3 is 2.57 bits per heavy atom. The summed E-state index contributed by atoms with van der Waals surface area (Å²) < 4.78 is 4.99. The van der Waals surface area contributed by atoms with Crippen LogP contribution in [0.2, 0.25) is 0 Å². The van der Waals surface area contributed by atoms with Crippen LogP contribution in [0.25, 0.3) is 0 Å². The average Bonchev–Trinajstić information content (AvgIpc) is 2.01. The van der Waals surface area contributed by atoms with Crippen LogP contribution in [0.5, 0.6) is 0 Å². The summed E-state index contributed by atoms with van der Waals surface area (Å²) in [6.07, 6.45) is 0. The summed E-state index contributed by atoms with van der Waals surface area (Å²) in [5, 5.41) is 3.11. The molecule has 82 valence electrons. The molecule has 14 heavy (non-hydrogen) atoms. The summed E-state index contributed by atoms with van der Waals surface area (Å²) in [5.74, 6) is 0.449. The zero-order valence-electron chi connectivity index (χ0n) is 9.25. The molecule has 4 heteroatoms. The molecule has 0 aromatic rings. The van der Waals surface area contributed by atoms with E-state index in [0.717, 1.165) is 13.1 Å². The van der Waals surface area contributed by atoms with Crippen LogP contribution in [0.3, 0.4) is 0 Å². The van der Waals surface area contributed by atoms with Crippen molar-refractivity contribution in [3.63, 3.8) is 0 Å². The first-order valence-electron chi connectivity index (χ1n) is 5.17. The SMILES string of the molecule is COCCN(C(=O)C1CNC1)C(C)C. The van der Waals surface area contributed by atoms with E-state index in [1.165, 1.54) is 0 Å². The smallest absolute Gasteiger partial charge is 0.228 e. The third-order valence-electron chi connectivity index (χ3n) is 2.57. The molecule has 1 heterocycles. The van der Waals surface area contributed by atoms with E-state index in [2.05, 4.69) is 5.32 Å². The van der Waals surface area contributed by atoms with Gasteiger partial charge in [-0.15, -0.1) is 0 Å². The van der Waals surface area contributed by atoms with Gasteiger partial charge in [-0.25, -0.2) is 0 Å². The molecule has 0 radical (unpaired) electrons. The van der Waals surface area contributed by atoms with Crippen molar-refractivity contribution in [3.05, 3.63) is 0 Å². The van der Waals surface area contributed by atoms with Crippen molar-refractivity contribution in [1.82, 2.24) is 10.2 Å². The Hall–Kier alpha value is -0.610. The molecule has 1 aliphatic heterocycles. The average molecular weight is 200 g/mol. The highest BCUT2D eigenvalue weighted by molar-refractivity contribution is 5.80. The molecule has 0 bridgehead atoms. The lowest BCUT2D eigenvalue weighted by atomic mass is 10.0. The monoisotopic (exact) mass is 200 g/mol. The van der Waals surface area contributed by atoms with Crippen LogP contribution in [0, 0.1) is 5.92 Å². The van der Waals surface area contributed by atoms with E-state index in [0.29, 0.717) is 13.2 Å². The molecular weight excluding hydrogens is 180 g/mol. The number of nitrogens with one attached hydrogen (secondary N) is 1. The van der Waals surface area contributed by atoms with Crippen LogP contribution >= 0.6 is 0 Å².